The molecule has 4 heterocycles. The van der Waals surface area contributed by atoms with Crippen molar-refractivity contribution >= 4 is 34.0 Å². The van der Waals surface area contributed by atoms with E-state index < -0.39 is 0 Å². The summed E-state index contributed by atoms with van der Waals surface area (Å²) < 4.78 is 26.1. The lowest BCUT2D eigenvalue weighted by Gasteiger charge is -2.34. The molecule has 10 heteroatoms. The minimum atomic E-state index is -0.353. The first-order chi connectivity index (χ1) is 19.1. The monoisotopic (exact) mass is 526 g/mol. The van der Waals surface area contributed by atoms with E-state index in [1.165, 1.54) is 18.5 Å². The number of fused-ring (bicyclic) bond motifs is 1. The molecule has 0 saturated carbocycles. The van der Waals surface area contributed by atoms with Gasteiger partial charge in [-0.3, -0.25) is 14.7 Å². The summed E-state index contributed by atoms with van der Waals surface area (Å²) in [6.45, 7) is 6.83. The highest BCUT2D eigenvalue weighted by Gasteiger charge is 2.33. The van der Waals surface area contributed by atoms with E-state index in [4.69, 9.17) is 9.47 Å². The summed E-state index contributed by atoms with van der Waals surface area (Å²) in [6.07, 6.45) is 5.14. The molecule has 2 aliphatic heterocycles. The fourth-order valence-corrected chi connectivity index (χ4v) is 4.82. The van der Waals surface area contributed by atoms with Gasteiger partial charge in [0.15, 0.2) is 0 Å². The maximum atomic E-state index is 14.3. The first-order valence-corrected chi connectivity index (χ1v) is 12.8. The summed E-state index contributed by atoms with van der Waals surface area (Å²) >= 11 is 0. The summed E-state index contributed by atoms with van der Waals surface area (Å²) in [6, 6.07) is 14.1. The number of nitrogens with zero attached hydrogens (tertiary/aromatic N) is 4. The molecule has 9 nitrogen and oxygen atoms in total. The Morgan fingerprint density at radius 3 is 2.82 bits per heavy atom. The number of ether oxygens (including phenoxy) is 2. The summed E-state index contributed by atoms with van der Waals surface area (Å²) in [5.74, 6) is 0.346. The molecule has 1 amide bonds. The SMILES string of the molecule is C=CC(=O)Nc1cc2c(Nc3ccnc(-c4ccccc4F)c3)ncnc2cc1O[C@@H]1CCN(C2COC2)C1. The Bertz CT molecular complexity index is 1540. The van der Waals surface area contributed by atoms with Crippen LogP contribution in [0.25, 0.3) is 22.2 Å². The van der Waals surface area contributed by atoms with Gasteiger partial charge in [-0.25, -0.2) is 14.4 Å². The van der Waals surface area contributed by atoms with Gasteiger partial charge in [0.25, 0.3) is 0 Å². The fraction of sp³-hybridized carbons (Fsp3) is 0.241. The van der Waals surface area contributed by atoms with Crippen LogP contribution in [0.15, 0.2) is 73.7 Å². The number of amides is 1. The first kappa shape index (κ1) is 24.9. The van der Waals surface area contributed by atoms with E-state index in [2.05, 4.69) is 37.1 Å². The molecular weight excluding hydrogens is 499 g/mol. The fourth-order valence-electron chi connectivity index (χ4n) is 4.82. The number of anilines is 3. The summed E-state index contributed by atoms with van der Waals surface area (Å²) in [5, 5.41) is 6.82. The van der Waals surface area contributed by atoms with E-state index >= 15 is 0 Å². The quantitative estimate of drug-likeness (QED) is 0.323. The van der Waals surface area contributed by atoms with Crippen LogP contribution in [0.2, 0.25) is 0 Å². The summed E-state index contributed by atoms with van der Waals surface area (Å²) in [5.41, 5.74) is 2.71. The molecule has 0 aliphatic carbocycles. The van der Waals surface area contributed by atoms with Crippen LogP contribution in [0.3, 0.4) is 0 Å². The normalized spacial score (nSPS) is 17.5. The standard InChI is InChI=1S/C29H27FN6O3/c1-2-28(37)35-26-12-22-25(13-27(26)39-20-8-10-36(14-20)19-15-38-16-19)32-17-33-29(22)34-18-7-9-31-24(11-18)21-5-3-4-6-23(21)30/h2-7,9,11-13,17,19-20H,1,8,10,14-16H2,(H,35,37)(H,31,32,33,34)/t20-/m1/s1. The van der Waals surface area contributed by atoms with Crippen molar-refractivity contribution in [2.24, 2.45) is 0 Å². The van der Waals surface area contributed by atoms with Crippen LogP contribution in [0.1, 0.15) is 6.42 Å². The molecule has 2 saturated heterocycles. The number of rotatable bonds is 8. The van der Waals surface area contributed by atoms with Crippen LogP contribution in [-0.2, 0) is 9.53 Å². The molecule has 6 rings (SSSR count). The Kier molecular flexibility index (Phi) is 6.87. The lowest BCUT2D eigenvalue weighted by molar-refractivity contribution is -0.111. The predicted molar refractivity (Wildman–Crippen MR) is 146 cm³/mol. The molecule has 0 radical (unpaired) electrons. The molecule has 2 fully saturated rings. The van der Waals surface area contributed by atoms with E-state index in [1.54, 1.807) is 42.6 Å². The third-order valence-electron chi connectivity index (χ3n) is 6.96. The van der Waals surface area contributed by atoms with Crippen LogP contribution in [0.4, 0.5) is 21.6 Å². The number of nitrogens with one attached hydrogen (secondary N) is 2. The van der Waals surface area contributed by atoms with E-state index in [0.717, 1.165) is 32.7 Å². The van der Waals surface area contributed by atoms with Crippen LogP contribution in [0.5, 0.6) is 5.75 Å². The van der Waals surface area contributed by atoms with Crippen molar-refractivity contribution in [1.82, 2.24) is 19.9 Å². The van der Waals surface area contributed by atoms with Crippen molar-refractivity contribution in [2.75, 3.05) is 36.9 Å². The molecule has 0 spiro atoms. The van der Waals surface area contributed by atoms with Gasteiger partial charge in [-0.15, -0.1) is 0 Å². The van der Waals surface area contributed by atoms with Gasteiger partial charge in [0.05, 0.1) is 36.2 Å². The van der Waals surface area contributed by atoms with Crippen molar-refractivity contribution in [1.29, 1.82) is 0 Å². The summed E-state index contributed by atoms with van der Waals surface area (Å²) in [4.78, 5) is 27.9. The highest BCUT2D eigenvalue weighted by molar-refractivity contribution is 6.03. The second-order valence-corrected chi connectivity index (χ2v) is 9.53. The highest BCUT2D eigenvalue weighted by atomic mass is 19.1. The molecule has 2 N–H and O–H groups in total. The Morgan fingerprint density at radius 2 is 2.03 bits per heavy atom. The van der Waals surface area contributed by atoms with Gasteiger partial charge in [0.1, 0.15) is 29.8 Å². The van der Waals surface area contributed by atoms with Gasteiger partial charge in [-0.1, -0.05) is 18.7 Å². The second kappa shape index (κ2) is 10.8. The van der Waals surface area contributed by atoms with Crippen molar-refractivity contribution in [3.8, 4) is 17.0 Å². The number of hydrogen-bond acceptors (Lipinski definition) is 8. The molecule has 198 valence electrons. The van der Waals surface area contributed by atoms with Crippen molar-refractivity contribution in [2.45, 2.75) is 18.6 Å². The summed E-state index contributed by atoms with van der Waals surface area (Å²) in [7, 11) is 0. The number of benzene rings is 2. The average Bonchev–Trinajstić information content (AvgIpc) is 3.36. The molecule has 2 aliphatic rings. The van der Waals surface area contributed by atoms with Crippen LogP contribution in [-0.4, -0.2) is 64.2 Å². The number of carbonyl (C=O) groups excluding carboxylic acids is 1. The Hall–Kier alpha value is -4.41. The lowest BCUT2D eigenvalue weighted by Crippen LogP contribution is -2.48. The van der Waals surface area contributed by atoms with Crippen molar-refractivity contribution < 1.29 is 18.7 Å². The predicted octanol–water partition coefficient (Wildman–Crippen LogP) is 4.55. The molecule has 0 bridgehead atoms. The topological polar surface area (TPSA) is 102 Å². The van der Waals surface area contributed by atoms with Gasteiger partial charge in [0.2, 0.25) is 5.91 Å². The highest BCUT2D eigenvalue weighted by Crippen LogP contribution is 2.35. The average molecular weight is 527 g/mol. The maximum absolute atomic E-state index is 14.3. The minimum absolute atomic E-state index is 0.0181. The zero-order valence-corrected chi connectivity index (χ0v) is 21.1. The first-order valence-electron chi connectivity index (χ1n) is 12.8. The molecule has 2 aromatic heterocycles. The van der Waals surface area contributed by atoms with E-state index in [1.807, 2.05) is 6.07 Å². The Balaban J connectivity index is 1.30. The van der Waals surface area contributed by atoms with Crippen LogP contribution < -0.4 is 15.4 Å². The largest absolute Gasteiger partial charge is 0.487 e. The third-order valence-corrected chi connectivity index (χ3v) is 6.96. The number of hydrogen-bond donors (Lipinski definition) is 2. The zero-order chi connectivity index (χ0) is 26.8. The third kappa shape index (κ3) is 5.29. The van der Waals surface area contributed by atoms with E-state index in [-0.39, 0.29) is 17.8 Å². The van der Waals surface area contributed by atoms with Crippen LogP contribution >= 0.6 is 0 Å². The smallest absolute Gasteiger partial charge is 0.247 e. The number of aromatic nitrogens is 3. The van der Waals surface area contributed by atoms with Crippen molar-refractivity contribution in [3.63, 3.8) is 0 Å². The van der Waals surface area contributed by atoms with Gasteiger partial charge >= 0.3 is 0 Å². The Labute approximate surface area is 224 Å². The number of likely N-dealkylation sites (tertiary alicyclic amines) is 1. The minimum Gasteiger partial charge on any atom is -0.487 e. The Morgan fingerprint density at radius 1 is 1.15 bits per heavy atom. The zero-order valence-electron chi connectivity index (χ0n) is 21.1. The molecule has 39 heavy (non-hydrogen) atoms. The molecule has 2 aromatic carbocycles. The number of carbonyl (C=O) groups is 1. The second-order valence-electron chi connectivity index (χ2n) is 9.53. The lowest BCUT2D eigenvalue weighted by atomic mass is 10.1. The number of halogens is 1. The van der Waals surface area contributed by atoms with E-state index in [9.17, 15) is 9.18 Å². The number of pyridine rings is 1. The van der Waals surface area contributed by atoms with Crippen LogP contribution in [0, 0.1) is 5.82 Å². The van der Waals surface area contributed by atoms with E-state index in [0.29, 0.717) is 51.1 Å². The molecule has 0 unspecified atom stereocenters. The maximum Gasteiger partial charge on any atom is 0.247 e. The van der Waals surface area contributed by atoms with Gasteiger partial charge in [-0.2, -0.15) is 0 Å². The van der Waals surface area contributed by atoms with Gasteiger partial charge in [0, 0.05) is 42.0 Å². The van der Waals surface area contributed by atoms with Gasteiger partial charge < -0.3 is 20.1 Å². The molecule has 1 atom stereocenters. The molecule has 4 aromatic rings. The molecular formula is C29H27FN6O3. The van der Waals surface area contributed by atoms with Gasteiger partial charge in [-0.05, 0) is 42.8 Å². The van der Waals surface area contributed by atoms with Crippen molar-refractivity contribution in [3.05, 3.63) is 79.5 Å².